The molecule has 8 heteroatoms. The van der Waals surface area contributed by atoms with Crippen molar-refractivity contribution in [2.75, 3.05) is 16.8 Å². The van der Waals surface area contributed by atoms with Crippen LogP contribution in [0.3, 0.4) is 0 Å². The number of aryl methyl sites for hydroxylation is 1. The van der Waals surface area contributed by atoms with Crippen LogP contribution in [0.4, 0.5) is 36.1 Å². The standard InChI is InChI=1S/C19H15F3N4O/c1-24-11-23-17-16(24)18(27)26(13-6-4-3-5-7-13)15-10-12(19(20,21)22)8-9-14(15)25(17)2/h3-11H,1-2H3. The van der Waals surface area contributed by atoms with E-state index in [4.69, 9.17) is 0 Å². The van der Waals surface area contributed by atoms with Gasteiger partial charge in [-0.25, -0.2) is 4.98 Å². The molecule has 1 aliphatic heterocycles. The van der Waals surface area contributed by atoms with Crippen LogP contribution in [-0.2, 0) is 13.2 Å². The molecule has 0 aliphatic carbocycles. The van der Waals surface area contributed by atoms with Crippen molar-refractivity contribution in [3.05, 3.63) is 66.1 Å². The first-order valence-corrected chi connectivity index (χ1v) is 8.15. The number of anilines is 4. The van der Waals surface area contributed by atoms with Crippen LogP contribution < -0.4 is 9.80 Å². The van der Waals surface area contributed by atoms with Gasteiger partial charge in [-0.15, -0.1) is 0 Å². The third-order valence-corrected chi connectivity index (χ3v) is 4.56. The smallest absolute Gasteiger partial charge is 0.328 e. The zero-order valence-electron chi connectivity index (χ0n) is 14.5. The Hall–Kier alpha value is -3.29. The quantitative estimate of drug-likeness (QED) is 0.632. The molecule has 1 aromatic heterocycles. The summed E-state index contributed by atoms with van der Waals surface area (Å²) in [5.41, 5.74) is 0.568. The summed E-state index contributed by atoms with van der Waals surface area (Å²) in [4.78, 5) is 20.5. The number of carbonyl (C=O) groups is 1. The molecule has 0 saturated carbocycles. The van der Waals surface area contributed by atoms with Crippen molar-refractivity contribution in [3.63, 3.8) is 0 Å². The molecular formula is C19H15F3N4O. The first-order chi connectivity index (χ1) is 12.8. The number of hydrogen-bond acceptors (Lipinski definition) is 3. The normalized spacial score (nSPS) is 14.0. The number of hydrogen-bond donors (Lipinski definition) is 0. The first-order valence-electron chi connectivity index (χ1n) is 8.15. The lowest BCUT2D eigenvalue weighted by molar-refractivity contribution is -0.137. The van der Waals surface area contributed by atoms with Crippen LogP contribution in [0.15, 0.2) is 54.9 Å². The zero-order chi connectivity index (χ0) is 19.3. The van der Waals surface area contributed by atoms with E-state index in [-0.39, 0.29) is 5.69 Å². The van der Waals surface area contributed by atoms with Gasteiger partial charge in [0.2, 0.25) is 0 Å². The molecule has 0 N–H and O–H groups in total. The number of alkyl halides is 3. The largest absolute Gasteiger partial charge is 0.416 e. The maximum atomic E-state index is 13.3. The monoisotopic (exact) mass is 372 g/mol. The van der Waals surface area contributed by atoms with Crippen LogP contribution >= 0.6 is 0 Å². The lowest BCUT2D eigenvalue weighted by Gasteiger charge is -2.25. The molecule has 0 bridgehead atoms. The summed E-state index contributed by atoms with van der Waals surface area (Å²) in [6, 6.07) is 12.0. The molecule has 0 radical (unpaired) electrons. The SMILES string of the molecule is CN1c2ccc(C(F)(F)F)cc2N(c2ccccc2)C(=O)c2c1ncn2C. The minimum atomic E-state index is -4.52. The molecular weight excluding hydrogens is 357 g/mol. The fourth-order valence-electron chi connectivity index (χ4n) is 3.24. The lowest BCUT2D eigenvalue weighted by atomic mass is 10.1. The number of benzene rings is 2. The Balaban J connectivity index is 2.03. The number of para-hydroxylation sites is 1. The average molecular weight is 372 g/mol. The molecule has 0 unspecified atom stereocenters. The minimum Gasteiger partial charge on any atom is -0.328 e. The van der Waals surface area contributed by atoms with Gasteiger partial charge in [0.05, 0.1) is 23.3 Å². The van der Waals surface area contributed by atoms with E-state index in [1.807, 2.05) is 0 Å². The van der Waals surface area contributed by atoms with Gasteiger partial charge in [0, 0.05) is 19.8 Å². The highest BCUT2D eigenvalue weighted by atomic mass is 19.4. The Morgan fingerprint density at radius 1 is 0.963 bits per heavy atom. The van der Waals surface area contributed by atoms with Crippen LogP contribution in [0, 0.1) is 0 Å². The molecule has 1 aliphatic rings. The van der Waals surface area contributed by atoms with E-state index < -0.39 is 17.6 Å². The highest BCUT2D eigenvalue weighted by Gasteiger charge is 2.37. The Kier molecular flexibility index (Phi) is 3.73. The summed E-state index contributed by atoms with van der Waals surface area (Å²) in [5, 5.41) is 0. The maximum Gasteiger partial charge on any atom is 0.416 e. The van der Waals surface area contributed by atoms with E-state index in [0.29, 0.717) is 22.9 Å². The Morgan fingerprint density at radius 2 is 1.67 bits per heavy atom. The molecule has 4 rings (SSSR count). The summed E-state index contributed by atoms with van der Waals surface area (Å²) in [6.45, 7) is 0. The Morgan fingerprint density at radius 3 is 2.33 bits per heavy atom. The van der Waals surface area contributed by atoms with Gasteiger partial charge in [-0.2, -0.15) is 13.2 Å². The van der Waals surface area contributed by atoms with Gasteiger partial charge in [0.1, 0.15) is 0 Å². The highest BCUT2D eigenvalue weighted by Crippen LogP contribution is 2.44. The van der Waals surface area contributed by atoms with Gasteiger partial charge in [-0.05, 0) is 30.3 Å². The van der Waals surface area contributed by atoms with Gasteiger partial charge in [0.15, 0.2) is 11.5 Å². The van der Waals surface area contributed by atoms with Crippen molar-refractivity contribution in [2.24, 2.45) is 7.05 Å². The highest BCUT2D eigenvalue weighted by molar-refractivity contribution is 6.16. The average Bonchev–Trinajstić information content (AvgIpc) is 2.99. The molecule has 2 aromatic carbocycles. The Labute approximate surface area is 153 Å². The van der Waals surface area contributed by atoms with Gasteiger partial charge >= 0.3 is 6.18 Å². The number of nitrogens with zero attached hydrogens (tertiary/aromatic N) is 4. The van der Waals surface area contributed by atoms with Crippen LogP contribution in [0.2, 0.25) is 0 Å². The second kappa shape index (κ2) is 5.87. The summed E-state index contributed by atoms with van der Waals surface area (Å²) >= 11 is 0. The van der Waals surface area contributed by atoms with Crippen molar-refractivity contribution < 1.29 is 18.0 Å². The van der Waals surface area contributed by atoms with Gasteiger partial charge in [0.25, 0.3) is 5.91 Å². The number of amides is 1. The molecule has 1 amide bonds. The predicted octanol–water partition coefficient (Wildman–Crippen LogP) is 4.50. The second-order valence-electron chi connectivity index (χ2n) is 6.26. The van der Waals surface area contributed by atoms with E-state index in [1.165, 1.54) is 17.3 Å². The number of halogens is 3. The molecule has 5 nitrogen and oxygen atoms in total. The fourth-order valence-corrected chi connectivity index (χ4v) is 3.24. The molecule has 0 saturated heterocycles. The molecule has 138 valence electrons. The maximum absolute atomic E-state index is 13.3. The first kappa shape index (κ1) is 17.1. The number of aromatic nitrogens is 2. The summed E-state index contributed by atoms with van der Waals surface area (Å²) in [7, 11) is 3.36. The number of imidazole rings is 1. The second-order valence-corrected chi connectivity index (χ2v) is 6.26. The molecule has 0 spiro atoms. The predicted molar refractivity (Wildman–Crippen MR) is 95.6 cm³/mol. The number of rotatable bonds is 1. The van der Waals surface area contributed by atoms with Crippen molar-refractivity contribution in [3.8, 4) is 0 Å². The topological polar surface area (TPSA) is 41.4 Å². The fraction of sp³-hybridized carbons (Fsp3) is 0.158. The van der Waals surface area contributed by atoms with E-state index in [2.05, 4.69) is 4.98 Å². The summed E-state index contributed by atoms with van der Waals surface area (Å²) in [5.74, 6) is -0.0527. The van der Waals surface area contributed by atoms with Crippen LogP contribution in [-0.4, -0.2) is 22.5 Å². The van der Waals surface area contributed by atoms with Crippen molar-refractivity contribution in [1.29, 1.82) is 0 Å². The van der Waals surface area contributed by atoms with Crippen LogP contribution in [0.1, 0.15) is 16.1 Å². The number of fused-ring (bicyclic) bond motifs is 2. The van der Waals surface area contributed by atoms with Crippen molar-refractivity contribution in [2.45, 2.75) is 6.18 Å². The summed E-state index contributed by atoms with van der Waals surface area (Å²) < 4.78 is 41.5. The van der Waals surface area contributed by atoms with Crippen LogP contribution in [0.5, 0.6) is 0 Å². The van der Waals surface area contributed by atoms with E-state index in [9.17, 15) is 18.0 Å². The Bertz CT molecular complexity index is 1030. The van der Waals surface area contributed by atoms with Gasteiger partial charge in [-0.1, -0.05) is 18.2 Å². The minimum absolute atomic E-state index is 0.154. The summed E-state index contributed by atoms with van der Waals surface area (Å²) in [6.07, 6.45) is -3.01. The molecule has 2 heterocycles. The van der Waals surface area contributed by atoms with E-state index >= 15 is 0 Å². The van der Waals surface area contributed by atoms with Gasteiger partial charge < -0.3 is 9.47 Å². The lowest BCUT2D eigenvalue weighted by Crippen LogP contribution is -2.27. The molecule has 3 aromatic rings. The zero-order valence-corrected chi connectivity index (χ0v) is 14.5. The van der Waals surface area contributed by atoms with E-state index in [1.54, 1.807) is 53.9 Å². The molecule has 0 atom stereocenters. The van der Waals surface area contributed by atoms with E-state index in [0.717, 1.165) is 12.1 Å². The third-order valence-electron chi connectivity index (χ3n) is 4.56. The molecule has 0 fully saturated rings. The number of carbonyl (C=O) groups excluding carboxylic acids is 1. The van der Waals surface area contributed by atoms with Crippen molar-refractivity contribution >= 4 is 28.8 Å². The third kappa shape index (κ3) is 2.64. The molecule has 27 heavy (non-hydrogen) atoms. The van der Waals surface area contributed by atoms with Crippen molar-refractivity contribution in [1.82, 2.24) is 9.55 Å². The van der Waals surface area contributed by atoms with Crippen LogP contribution in [0.25, 0.3) is 0 Å². The van der Waals surface area contributed by atoms with Gasteiger partial charge in [-0.3, -0.25) is 9.69 Å².